The van der Waals surface area contributed by atoms with Crippen LogP contribution in [0.5, 0.6) is 0 Å². The molecule has 0 aliphatic heterocycles. The van der Waals surface area contributed by atoms with E-state index in [0.29, 0.717) is 11.3 Å². The van der Waals surface area contributed by atoms with Crippen molar-refractivity contribution in [3.8, 4) is 10.6 Å². The molecule has 1 atom stereocenters. The van der Waals surface area contributed by atoms with E-state index in [0.717, 1.165) is 6.07 Å². The first-order valence-corrected chi connectivity index (χ1v) is 8.83. The van der Waals surface area contributed by atoms with Gasteiger partial charge in [-0.25, -0.2) is 4.98 Å². The highest BCUT2D eigenvalue weighted by atomic mass is 32.1. The highest BCUT2D eigenvalue weighted by Gasteiger charge is 2.35. The highest BCUT2D eigenvalue weighted by Crippen LogP contribution is 2.36. The first-order chi connectivity index (χ1) is 11.7. The quantitative estimate of drug-likeness (QED) is 0.633. The number of hydrogen-bond donors (Lipinski definition) is 1. The first kappa shape index (κ1) is 17.8. The van der Waals surface area contributed by atoms with Crippen LogP contribution >= 0.6 is 23.6 Å². The third kappa shape index (κ3) is 3.13. The number of thiophene rings is 1. The Morgan fingerprint density at radius 1 is 1.44 bits per heavy atom. The molecule has 0 spiro atoms. The van der Waals surface area contributed by atoms with Crippen molar-refractivity contribution < 1.29 is 13.2 Å². The summed E-state index contributed by atoms with van der Waals surface area (Å²) in [5, 5.41) is 1.27. The van der Waals surface area contributed by atoms with E-state index in [-0.39, 0.29) is 22.2 Å². The molecule has 1 N–H and O–H groups in total. The molecule has 0 saturated heterocycles. The largest absolute Gasteiger partial charge is 0.417 e. The highest BCUT2D eigenvalue weighted by molar-refractivity contribution is 7.71. The number of pyridine rings is 1. The number of alkyl halides is 3. The zero-order valence-corrected chi connectivity index (χ0v) is 15.0. The Balaban J connectivity index is 2.53. The van der Waals surface area contributed by atoms with Gasteiger partial charge in [-0.3, -0.25) is 14.3 Å². The number of nitrogens with zero attached hydrogens (tertiary/aromatic N) is 2. The van der Waals surface area contributed by atoms with Crippen molar-refractivity contribution in [2.75, 3.05) is 0 Å². The van der Waals surface area contributed by atoms with Gasteiger partial charge in [0, 0.05) is 6.04 Å². The van der Waals surface area contributed by atoms with Crippen LogP contribution in [0, 0.1) is 4.77 Å². The van der Waals surface area contributed by atoms with E-state index in [4.69, 9.17) is 12.2 Å². The van der Waals surface area contributed by atoms with E-state index < -0.39 is 22.7 Å². The van der Waals surface area contributed by atoms with Gasteiger partial charge >= 0.3 is 6.18 Å². The van der Waals surface area contributed by atoms with Gasteiger partial charge in [0.15, 0.2) is 4.77 Å². The molecule has 3 aromatic rings. The summed E-state index contributed by atoms with van der Waals surface area (Å²) in [6.07, 6.45) is -4.06. The van der Waals surface area contributed by atoms with E-state index in [2.05, 4.69) is 9.97 Å². The molecular formula is C16H14F3N3OS2. The van der Waals surface area contributed by atoms with Crippen molar-refractivity contribution in [1.29, 1.82) is 0 Å². The Bertz CT molecular complexity index is 1040. The monoisotopic (exact) mass is 385 g/mol. The fraction of sp³-hybridized carbons (Fsp3) is 0.312. The van der Waals surface area contributed by atoms with Crippen LogP contribution in [-0.2, 0) is 6.18 Å². The lowest BCUT2D eigenvalue weighted by Crippen LogP contribution is -2.22. The molecular weight excluding hydrogens is 371 g/mol. The summed E-state index contributed by atoms with van der Waals surface area (Å²) in [5.74, 6) is 0. The van der Waals surface area contributed by atoms with Crippen LogP contribution in [0.2, 0.25) is 0 Å². The van der Waals surface area contributed by atoms with Gasteiger partial charge in [-0.05, 0) is 43.1 Å². The Kier molecular flexibility index (Phi) is 4.54. The number of fused-ring (bicyclic) bond motifs is 1. The number of hydrogen-bond acceptors (Lipinski definition) is 4. The summed E-state index contributed by atoms with van der Waals surface area (Å²) in [5.41, 5.74) is -1.75. The topological polar surface area (TPSA) is 50.7 Å². The van der Waals surface area contributed by atoms with E-state index in [1.165, 1.54) is 15.9 Å². The summed E-state index contributed by atoms with van der Waals surface area (Å²) in [7, 11) is 0. The van der Waals surface area contributed by atoms with Crippen molar-refractivity contribution in [3.63, 3.8) is 0 Å². The summed E-state index contributed by atoms with van der Waals surface area (Å²) >= 11 is 6.46. The average Bonchev–Trinajstić information content (AvgIpc) is 3.06. The third-order valence-electron chi connectivity index (χ3n) is 4.01. The molecule has 0 bridgehead atoms. The maximum atomic E-state index is 13.6. The second-order valence-corrected chi connectivity index (χ2v) is 6.95. The van der Waals surface area contributed by atoms with Crippen LogP contribution in [0.3, 0.4) is 0 Å². The summed E-state index contributed by atoms with van der Waals surface area (Å²) in [4.78, 5) is 19.6. The molecule has 1 unspecified atom stereocenters. The van der Waals surface area contributed by atoms with Crippen LogP contribution in [-0.4, -0.2) is 14.5 Å². The molecule has 3 rings (SSSR count). The normalized spacial score (nSPS) is 13.3. The van der Waals surface area contributed by atoms with Gasteiger partial charge in [-0.1, -0.05) is 13.0 Å². The number of nitrogens with one attached hydrogen (secondary N) is 1. The molecule has 3 heterocycles. The average molecular weight is 385 g/mol. The van der Waals surface area contributed by atoms with Crippen LogP contribution in [0.1, 0.15) is 31.9 Å². The lowest BCUT2D eigenvalue weighted by atomic mass is 10.1. The Hall–Kier alpha value is -2.00. The maximum Gasteiger partial charge on any atom is 0.417 e. The molecule has 25 heavy (non-hydrogen) atoms. The van der Waals surface area contributed by atoms with E-state index in [1.807, 2.05) is 13.8 Å². The van der Waals surface area contributed by atoms with Crippen LogP contribution < -0.4 is 5.56 Å². The molecule has 0 aliphatic carbocycles. The molecule has 4 nitrogen and oxygen atoms in total. The lowest BCUT2D eigenvalue weighted by Gasteiger charge is -2.19. The van der Waals surface area contributed by atoms with Crippen molar-refractivity contribution in [2.45, 2.75) is 32.5 Å². The van der Waals surface area contributed by atoms with Crippen molar-refractivity contribution in [3.05, 3.63) is 44.3 Å². The zero-order valence-electron chi connectivity index (χ0n) is 13.3. The fourth-order valence-corrected chi connectivity index (χ4v) is 3.66. The molecule has 132 valence electrons. The number of aromatic nitrogens is 3. The van der Waals surface area contributed by atoms with E-state index >= 15 is 0 Å². The molecule has 0 saturated carbocycles. The predicted octanol–water partition coefficient (Wildman–Crippen LogP) is 5.17. The summed E-state index contributed by atoms with van der Waals surface area (Å²) in [6, 6.07) is 4.14. The molecule has 3 aromatic heterocycles. The predicted molar refractivity (Wildman–Crippen MR) is 94.5 cm³/mol. The van der Waals surface area contributed by atoms with E-state index in [1.54, 1.807) is 17.5 Å². The lowest BCUT2D eigenvalue weighted by molar-refractivity contribution is -0.136. The van der Waals surface area contributed by atoms with Gasteiger partial charge in [0.1, 0.15) is 5.65 Å². The van der Waals surface area contributed by atoms with Crippen molar-refractivity contribution >= 4 is 34.6 Å². The van der Waals surface area contributed by atoms with Gasteiger partial charge in [-0.15, -0.1) is 11.3 Å². The van der Waals surface area contributed by atoms with Crippen LogP contribution in [0.25, 0.3) is 21.6 Å². The Labute approximate surface area is 150 Å². The standard InChI is InChI=1S/C16H14F3N3OS2/c1-3-8(2)22-13-12(14(23)21-15(22)24)9(16(17,18)19)7-10(20-13)11-5-4-6-25-11/h4-8H,3H2,1-2H3,(H,21,23,24). The van der Waals surface area contributed by atoms with Gasteiger partial charge in [0.2, 0.25) is 0 Å². The molecule has 0 amide bonds. The third-order valence-corrected chi connectivity index (χ3v) is 5.20. The van der Waals surface area contributed by atoms with Crippen molar-refractivity contribution in [1.82, 2.24) is 14.5 Å². The second-order valence-electron chi connectivity index (χ2n) is 5.62. The summed E-state index contributed by atoms with van der Waals surface area (Å²) in [6.45, 7) is 3.71. The molecule has 0 fully saturated rings. The zero-order chi connectivity index (χ0) is 18.4. The SMILES string of the molecule is CCC(C)n1c(=S)[nH]c(=O)c2c(C(F)(F)F)cc(-c3cccs3)nc21. The van der Waals surface area contributed by atoms with Gasteiger partial charge in [0.25, 0.3) is 5.56 Å². The molecule has 0 aromatic carbocycles. The number of aromatic amines is 1. The van der Waals surface area contributed by atoms with Gasteiger partial charge in [0.05, 0.1) is 21.5 Å². The molecule has 0 radical (unpaired) electrons. The van der Waals surface area contributed by atoms with Crippen LogP contribution in [0.4, 0.5) is 13.2 Å². The minimum atomic E-state index is -4.68. The number of rotatable bonds is 3. The van der Waals surface area contributed by atoms with Gasteiger partial charge in [-0.2, -0.15) is 13.2 Å². The Morgan fingerprint density at radius 2 is 2.16 bits per heavy atom. The molecule has 0 aliphatic rings. The minimum Gasteiger partial charge on any atom is -0.300 e. The van der Waals surface area contributed by atoms with Crippen LogP contribution in [0.15, 0.2) is 28.4 Å². The first-order valence-electron chi connectivity index (χ1n) is 7.54. The Morgan fingerprint density at radius 3 is 2.72 bits per heavy atom. The van der Waals surface area contributed by atoms with E-state index in [9.17, 15) is 18.0 Å². The maximum absolute atomic E-state index is 13.6. The fourth-order valence-electron chi connectivity index (χ4n) is 2.61. The molecule has 9 heteroatoms. The summed E-state index contributed by atoms with van der Waals surface area (Å²) < 4.78 is 42.4. The van der Waals surface area contributed by atoms with Gasteiger partial charge < -0.3 is 0 Å². The van der Waals surface area contributed by atoms with Crippen molar-refractivity contribution in [2.24, 2.45) is 0 Å². The number of halogens is 3. The number of H-pyrrole nitrogens is 1. The second kappa shape index (κ2) is 6.38. The minimum absolute atomic E-state index is 0.0404. The smallest absolute Gasteiger partial charge is 0.300 e.